The molecule has 0 heterocycles. The predicted molar refractivity (Wildman–Crippen MR) is 246 cm³/mol. The fourth-order valence-electron chi connectivity index (χ4n) is 7.57. The molecule has 0 rings (SSSR count). The Labute approximate surface area is 354 Å². The average molecular weight is 804 g/mol. The molecule has 0 aromatic heterocycles. The number of carbonyl (C=O) groups excluding carboxylic acids is 2. The number of hydrogen-bond acceptors (Lipinski definition) is 5. The predicted octanol–water partition coefficient (Wildman–Crippen LogP) is 14.7. The second-order valence-corrected chi connectivity index (χ2v) is 17.1. The van der Waals surface area contributed by atoms with Crippen molar-refractivity contribution in [2.45, 2.75) is 276 Å². The maximum Gasteiger partial charge on any atom is 0.305 e. The van der Waals surface area contributed by atoms with Crippen molar-refractivity contribution in [3.63, 3.8) is 0 Å². The van der Waals surface area contributed by atoms with E-state index in [-0.39, 0.29) is 18.5 Å². The van der Waals surface area contributed by atoms with Crippen molar-refractivity contribution < 1.29 is 24.5 Å². The molecule has 6 nitrogen and oxygen atoms in total. The smallest absolute Gasteiger partial charge is 0.305 e. The highest BCUT2D eigenvalue weighted by molar-refractivity contribution is 5.76. The van der Waals surface area contributed by atoms with Crippen LogP contribution in [0.3, 0.4) is 0 Å². The summed E-state index contributed by atoms with van der Waals surface area (Å²) < 4.78 is 5.42. The zero-order chi connectivity index (χ0) is 41.5. The van der Waals surface area contributed by atoms with Crippen molar-refractivity contribution in [1.82, 2.24) is 5.32 Å². The van der Waals surface area contributed by atoms with Crippen LogP contribution in [0.4, 0.5) is 0 Å². The fraction of sp³-hybridized carbons (Fsp3) is 0.882. The summed E-state index contributed by atoms with van der Waals surface area (Å²) in [5, 5.41) is 23.2. The Morgan fingerprint density at radius 1 is 0.474 bits per heavy atom. The molecule has 0 aromatic carbocycles. The Hall–Kier alpha value is -1.66. The number of ether oxygens (including phenoxy) is 1. The lowest BCUT2D eigenvalue weighted by Gasteiger charge is -2.22. The number of rotatable bonds is 46. The molecule has 2 unspecified atom stereocenters. The highest BCUT2D eigenvalue weighted by atomic mass is 16.5. The molecule has 0 aliphatic carbocycles. The van der Waals surface area contributed by atoms with Crippen LogP contribution < -0.4 is 5.32 Å². The fourth-order valence-corrected chi connectivity index (χ4v) is 7.57. The van der Waals surface area contributed by atoms with E-state index in [0.717, 1.165) is 83.5 Å². The minimum Gasteiger partial charge on any atom is -0.466 e. The molecule has 0 spiro atoms. The first kappa shape index (κ1) is 55.3. The van der Waals surface area contributed by atoms with Gasteiger partial charge in [-0.25, -0.2) is 0 Å². The van der Waals surface area contributed by atoms with Gasteiger partial charge in [-0.1, -0.05) is 199 Å². The van der Waals surface area contributed by atoms with Crippen molar-refractivity contribution in [1.29, 1.82) is 0 Å². The van der Waals surface area contributed by atoms with Gasteiger partial charge in [-0.15, -0.1) is 0 Å². The van der Waals surface area contributed by atoms with Crippen LogP contribution in [0.25, 0.3) is 0 Å². The Morgan fingerprint density at radius 2 is 0.825 bits per heavy atom. The maximum atomic E-state index is 12.4. The summed E-state index contributed by atoms with van der Waals surface area (Å²) in [5.74, 6) is -0.105. The molecule has 0 aliphatic heterocycles. The molecule has 6 heteroatoms. The van der Waals surface area contributed by atoms with Gasteiger partial charge in [-0.2, -0.15) is 0 Å². The molecule has 336 valence electrons. The molecular weight excluding hydrogens is 707 g/mol. The average Bonchev–Trinajstić information content (AvgIpc) is 3.21. The Bertz CT molecular complexity index is 889. The van der Waals surface area contributed by atoms with Crippen LogP contribution in [0.5, 0.6) is 0 Å². The second-order valence-electron chi connectivity index (χ2n) is 17.1. The van der Waals surface area contributed by atoms with Gasteiger partial charge < -0.3 is 20.3 Å². The zero-order valence-electron chi connectivity index (χ0n) is 38.1. The van der Waals surface area contributed by atoms with Crippen molar-refractivity contribution in [3.8, 4) is 0 Å². The molecule has 1 amide bonds. The minimum absolute atomic E-state index is 0.0405. The van der Waals surface area contributed by atoms with Gasteiger partial charge in [-0.05, 0) is 77.0 Å². The number of aliphatic hydroxyl groups is 2. The molecule has 57 heavy (non-hydrogen) atoms. The molecule has 2 atom stereocenters. The number of esters is 1. The highest BCUT2D eigenvalue weighted by Gasteiger charge is 2.20. The van der Waals surface area contributed by atoms with E-state index in [1.54, 1.807) is 0 Å². The third-order valence-corrected chi connectivity index (χ3v) is 11.5. The molecule has 0 aliphatic rings. The van der Waals surface area contributed by atoms with E-state index in [2.05, 4.69) is 43.5 Å². The van der Waals surface area contributed by atoms with Crippen molar-refractivity contribution in [2.75, 3.05) is 13.2 Å². The van der Waals surface area contributed by atoms with Crippen molar-refractivity contribution in [3.05, 3.63) is 24.3 Å². The van der Waals surface area contributed by atoms with E-state index in [1.165, 1.54) is 148 Å². The van der Waals surface area contributed by atoms with Crippen LogP contribution in [0.1, 0.15) is 264 Å². The number of unbranched alkanes of at least 4 members (excludes halogenated alkanes) is 31. The lowest BCUT2D eigenvalue weighted by atomic mass is 10.0. The molecule has 0 aromatic rings. The second kappa shape index (κ2) is 47.0. The first-order chi connectivity index (χ1) is 28.0. The summed E-state index contributed by atoms with van der Waals surface area (Å²) in [6.45, 7) is 4.85. The Kier molecular flexibility index (Phi) is 45.7. The molecule has 0 saturated heterocycles. The van der Waals surface area contributed by atoms with Crippen LogP contribution in [-0.4, -0.2) is 47.4 Å². The topological polar surface area (TPSA) is 95.9 Å². The van der Waals surface area contributed by atoms with Gasteiger partial charge >= 0.3 is 5.97 Å². The standard InChI is InChI=1S/C51H97NO5/c1-3-5-7-9-11-13-15-17-18-19-21-23-27-31-35-39-43-49(54)48(47-53)52-50(55)44-40-36-32-28-24-22-26-30-34-38-42-46-57-51(56)45-41-37-33-29-25-20-16-14-12-10-8-6-4-2/h14,16,26,30,48-49,53-54H,3-13,15,17-25,27-29,31-47H2,1-2H3,(H,52,55)/b16-14-,30-26-. The highest BCUT2D eigenvalue weighted by Crippen LogP contribution is 2.16. The van der Waals surface area contributed by atoms with E-state index in [4.69, 9.17) is 4.74 Å². The third-order valence-electron chi connectivity index (χ3n) is 11.5. The van der Waals surface area contributed by atoms with E-state index in [0.29, 0.717) is 25.9 Å². The number of aliphatic hydroxyl groups excluding tert-OH is 2. The monoisotopic (exact) mass is 804 g/mol. The van der Waals surface area contributed by atoms with Gasteiger partial charge in [0.15, 0.2) is 0 Å². The molecule has 0 radical (unpaired) electrons. The number of amides is 1. The van der Waals surface area contributed by atoms with Crippen LogP contribution >= 0.6 is 0 Å². The maximum absolute atomic E-state index is 12.4. The van der Waals surface area contributed by atoms with Crippen LogP contribution in [0.2, 0.25) is 0 Å². The van der Waals surface area contributed by atoms with E-state index >= 15 is 0 Å². The molecule has 0 fully saturated rings. The van der Waals surface area contributed by atoms with E-state index in [9.17, 15) is 19.8 Å². The summed E-state index contributed by atoms with van der Waals surface area (Å²) in [7, 11) is 0. The van der Waals surface area contributed by atoms with Crippen LogP contribution in [0, 0.1) is 0 Å². The first-order valence-corrected chi connectivity index (χ1v) is 25.1. The number of carbonyl (C=O) groups is 2. The van der Waals surface area contributed by atoms with Gasteiger partial charge in [0.25, 0.3) is 0 Å². The lowest BCUT2D eigenvalue weighted by Crippen LogP contribution is -2.45. The largest absolute Gasteiger partial charge is 0.466 e. The van der Waals surface area contributed by atoms with Crippen molar-refractivity contribution in [2.24, 2.45) is 0 Å². The van der Waals surface area contributed by atoms with Gasteiger partial charge in [0, 0.05) is 12.8 Å². The Morgan fingerprint density at radius 3 is 1.26 bits per heavy atom. The summed E-state index contributed by atoms with van der Waals surface area (Å²) in [4.78, 5) is 24.4. The quantitative estimate of drug-likeness (QED) is 0.0324. The van der Waals surface area contributed by atoms with Crippen molar-refractivity contribution >= 4 is 11.9 Å². The number of allylic oxidation sites excluding steroid dienone is 4. The zero-order valence-corrected chi connectivity index (χ0v) is 38.1. The normalized spacial score (nSPS) is 12.8. The SMILES string of the molecule is CCCCCC/C=C\CCCCCCCC(=O)OCCCC/C=C\CCCCCCCC(=O)NC(CO)C(O)CCCCCCCCCCCCCCCCCC. The number of hydrogen-bond donors (Lipinski definition) is 3. The Balaban J connectivity index is 3.53. The molecule has 3 N–H and O–H groups in total. The number of nitrogens with one attached hydrogen (secondary N) is 1. The molecule has 0 saturated carbocycles. The summed E-state index contributed by atoms with van der Waals surface area (Å²) in [6, 6.07) is -0.562. The summed E-state index contributed by atoms with van der Waals surface area (Å²) >= 11 is 0. The van der Waals surface area contributed by atoms with Gasteiger partial charge in [-0.3, -0.25) is 9.59 Å². The first-order valence-electron chi connectivity index (χ1n) is 25.1. The molecule has 0 bridgehead atoms. The third kappa shape index (κ3) is 43.7. The summed E-state index contributed by atoms with van der Waals surface area (Å²) in [5.41, 5.74) is 0. The van der Waals surface area contributed by atoms with Gasteiger partial charge in [0.05, 0.1) is 25.4 Å². The van der Waals surface area contributed by atoms with Crippen LogP contribution in [-0.2, 0) is 14.3 Å². The van der Waals surface area contributed by atoms with E-state index in [1.807, 2.05) is 0 Å². The van der Waals surface area contributed by atoms with E-state index < -0.39 is 12.1 Å². The summed E-state index contributed by atoms with van der Waals surface area (Å²) in [6.07, 6.45) is 54.3. The minimum atomic E-state index is -0.682. The molecular formula is C51H97NO5. The van der Waals surface area contributed by atoms with Gasteiger partial charge in [0.2, 0.25) is 5.91 Å². The lowest BCUT2D eigenvalue weighted by molar-refractivity contribution is -0.143. The van der Waals surface area contributed by atoms with Gasteiger partial charge in [0.1, 0.15) is 0 Å². The van der Waals surface area contributed by atoms with Crippen LogP contribution in [0.15, 0.2) is 24.3 Å².